The number of morpholine rings is 1. The zero-order valence-corrected chi connectivity index (χ0v) is 20.3. The number of esters is 1. The fourth-order valence-corrected chi connectivity index (χ4v) is 5.19. The fourth-order valence-electron chi connectivity index (χ4n) is 3.55. The van der Waals surface area contributed by atoms with Crippen molar-refractivity contribution in [2.24, 2.45) is 0 Å². The van der Waals surface area contributed by atoms with Crippen LogP contribution in [0.15, 0.2) is 47.4 Å². The molecular formula is C23H28N2O8S. The van der Waals surface area contributed by atoms with Crippen molar-refractivity contribution in [3.8, 4) is 11.5 Å². The molecule has 0 saturated carbocycles. The second-order valence-electron chi connectivity index (χ2n) is 7.83. The molecule has 10 nitrogen and oxygen atoms in total. The van der Waals surface area contributed by atoms with Crippen LogP contribution in [0, 0.1) is 0 Å². The van der Waals surface area contributed by atoms with Gasteiger partial charge in [0.15, 0.2) is 6.61 Å². The molecule has 1 aliphatic heterocycles. The maximum absolute atomic E-state index is 13.1. The number of ether oxygens (including phenoxy) is 4. The van der Waals surface area contributed by atoms with E-state index in [1.807, 2.05) is 0 Å². The summed E-state index contributed by atoms with van der Waals surface area (Å²) in [6, 6.07) is 10.4. The van der Waals surface area contributed by atoms with Crippen LogP contribution in [0.4, 0.5) is 5.69 Å². The van der Waals surface area contributed by atoms with Crippen LogP contribution in [0.2, 0.25) is 0 Å². The van der Waals surface area contributed by atoms with Gasteiger partial charge >= 0.3 is 5.97 Å². The molecule has 1 heterocycles. The number of hydrogen-bond acceptors (Lipinski definition) is 8. The number of carbonyl (C=O) groups excluding carboxylic acids is 2. The molecule has 2 aromatic rings. The smallest absolute Gasteiger partial charge is 0.338 e. The van der Waals surface area contributed by atoms with Gasteiger partial charge in [-0.1, -0.05) is 6.07 Å². The highest BCUT2D eigenvalue weighted by Crippen LogP contribution is 2.26. The number of benzene rings is 2. The maximum Gasteiger partial charge on any atom is 0.338 e. The van der Waals surface area contributed by atoms with Crippen molar-refractivity contribution in [1.82, 2.24) is 4.31 Å². The number of amides is 1. The first kappa shape index (κ1) is 25.5. The van der Waals surface area contributed by atoms with Crippen molar-refractivity contribution in [1.29, 1.82) is 0 Å². The van der Waals surface area contributed by atoms with E-state index >= 15 is 0 Å². The van der Waals surface area contributed by atoms with E-state index in [1.165, 1.54) is 42.8 Å². The van der Waals surface area contributed by atoms with Gasteiger partial charge in [-0.25, -0.2) is 13.2 Å². The SMILES string of the molecule is COc1cc(NC(=O)COC(=O)c2cccc(S(=O)(=O)N3CC(C)OC(C)C3)c2)cc(OC)c1. The van der Waals surface area contributed by atoms with Gasteiger partial charge < -0.3 is 24.3 Å². The van der Waals surface area contributed by atoms with Crippen molar-refractivity contribution in [3.63, 3.8) is 0 Å². The quantitative estimate of drug-likeness (QED) is 0.558. The zero-order valence-electron chi connectivity index (χ0n) is 19.4. The van der Waals surface area contributed by atoms with Gasteiger partial charge in [-0.3, -0.25) is 4.79 Å². The molecule has 3 rings (SSSR count). The number of anilines is 1. The molecule has 1 aliphatic rings. The fraction of sp³-hybridized carbons (Fsp3) is 0.391. The van der Waals surface area contributed by atoms with Crippen molar-refractivity contribution >= 4 is 27.6 Å². The van der Waals surface area contributed by atoms with Crippen molar-refractivity contribution in [3.05, 3.63) is 48.0 Å². The lowest BCUT2D eigenvalue weighted by atomic mass is 10.2. The van der Waals surface area contributed by atoms with Crippen molar-refractivity contribution in [2.75, 3.05) is 39.2 Å². The van der Waals surface area contributed by atoms with Gasteiger partial charge in [0.2, 0.25) is 10.0 Å². The Kier molecular flexibility index (Phi) is 8.13. The summed E-state index contributed by atoms with van der Waals surface area (Å²) in [6.07, 6.45) is -0.482. The van der Waals surface area contributed by atoms with Crippen LogP contribution in [-0.2, 0) is 24.3 Å². The molecule has 0 radical (unpaired) electrons. The molecule has 11 heteroatoms. The highest BCUT2D eigenvalue weighted by molar-refractivity contribution is 7.89. The monoisotopic (exact) mass is 492 g/mol. The average molecular weight is 493 g/mol. The van der Waals surface area contributed by atoms with Crippen LogP contribution in [0.1, 0.15) is 24.2 Å². The minimum absolute atomic E-state index is 0.0197. The van der Waals surface area contributed by atoms with E-state index in [1.54, 1.807) is 32.0 Å². The summed E-state index contributed by atoms with van der Waals surface area (Å²) < 4.78 is 48.4. The molecule has 2 aromatic carbocycles. The second-order valence-corrected chi connectivity index (χ2v) is 9.77. The molecule has 1 fully saturated rings. The summed E-state index contributed by atoms with van der Waals surface area (Å²) >= 11 is 0. The highest BCUT2D eigenvalue weighted by Gasteiger charge is 2.32. The van der Waals surface area contributed by atoms with E-state index in [2.05, 4.69) is 5.32 Å². The Bertz CT molecular complexity index is 1120. The summed E-state index contributed by atoms with van der Waals surface area (Å²) in [5, 5.41) is 2.59. The third-order valence-corrected chi connectivity index (χ3v) is 6.89. The molecule has 34 heavy (non-hydrogen) atoms. The van der Waals surface area contributed by atoms with Crippen molar-refractivity contribution < 1.29 is 37.0 Å². The lowest BCUT2D eigenvalue weighted by Gasteiger charge is -2.34. The average Bonchev–Trinajstić information content (AvgIpc) is 2.81. The third-order valence-electron chi connectivity index (χ3n) is 5.06. The number of hydrogen-bond donors (Lipinski definition) is 1. The molecule has 2 atom stereocenters. The number of nitrogens with zero attached hydrogens (tertiary/aromatic N) is 1. The molecule has 2 unspecified atom stereocenters. The van der Waals surface area contributed by atoms with Gasteiger partial charge in [0, 0.05) is 37.0 Å². The first-order valence-corrected chi connectivity index (χ1v) is 12.0. The zero-order chi connectivity index (χ0) is 24.9. The third kappa shape index (κ3) is 6.25. The number of nitrogens with one attached hydrogen (secondary N) is 1. The van der Waals surface area contributed by atoms with Crippen LogP contribution in [0.5, 0.6) is 11.5 Å². The van der Waals surface area contributed by atoms with E-state index in [0.29, 0.717) is 17.2 Å². The molecule has 0 spiro atoms. The Morgan fingerprint density at radius 2 is 1.65 bits per heavy atom. The Labute approximate surface area is 198 Å². The highest BCUT2D eigenvalue weighted by atomic mass is 32.2. The van der Waals surface area contributed by atoms with E-state index in [-0.39, 0.29) is 35.8 Å². The van der Waals surface area contributed by atoms with E-state index in [9.17, 15) is 18.0 Å². The van der Waals surface area contributed by atoms with Gasteiger partial charge in [0.25, 0.3) is 5.91 Å². The Morgan fingerprint density at radius 3 is 2.24 bits per heavy atom. The van der Waals surface area contributed by atoms with Crippen LogP contribution in [0.3, 0.4) is 0 Å². The molecule has 0 aliphatic carbocycles. The molecule has 0 bridgehead atoms. The van der Waals surface area contributed by atoms with E-state index < -0.39 is 28.5 Å². The standard InChI is InChI=1S/C23H28N2O8S/c1-15-12-25(13-16(2)33-15)34(28,29)21-7-5-6-17(8-21)23(27)32-14-22(26)24-18-9-19(30-3)11-20(10-18)31-4/h5-11,15-16H,12-14H2,1-4H3,(H,24,26). The van der Waals surface area contributed by atoms with Crippen LogP contribution >= 0.6 is 0 Å². The first-order chi connectivity index (χ1) is 16.1. The summed E-state index contributed by atoms with van der Waals surface area (Å²) in [4.78, 5) is 24.7. The Balaban J connectivity index is 1.65. The lowest BCUT2D eigenvalue weighted by Crippen LogP contribution is -2.48. The van der Waals surface area contributed by atoms with Crippen molar-refractivity contribution in [2.45, 2.75) is 31.0 Å². The Hall–Kier alpha value is -3.15. The summed E-state index contributed by atoms with van der Waals surface area (Å²) in [6.45, 7) is 3.48. The molecule has 0 aromatic heterocycles. The van der Waals surface area contributed by atoms with Gasteiger partial charge in [-0.15, -0.1) is 0 Å². The van der Waals surface area contributed by atoms with Gasteiger partial charge in [0.05, 0.1) is 36.9 Å². The molecule has 1 saturated heterocycles. The minimum Gasteiger partial charge on any atom is -0.497 e. The number of rotatable bonds is 8. The first-order valence-electron chi connectivity index (χ1n) is 10.6. The summed E-state index contributed by atoms with van der Waals surface area (Å²) in [5.74, 6) is -0.440. The van der Waals surface area contributed by atoms with Crippen LogP contribution in [-0.4, -0.2) is 70.7 Å². The van der Waals surface area contributed by atoms with E-state index in [0.717, 1.165) is 0 Å². The number of carbonyl (C=O) groups is 2. The molecule has 184 valence electrons. The van der Waals surface area contributed by atoms with Crippen LogP contribution in [0.25, 0.3) is 0 Å². The maximum atomic E-state index is 13.1. The van der Waals surface area contributed by atoms with Gasteiger partial charge in [-0.2, -0.15) is 4.31 Å². The summed E-state index contributed by atoms with van der Waals surface area (Å²) in [5.41, 5.74) is 0.422. The summed E-state index contributed by atoms with van der Waals surface area (Å²) in [7, 11) is -0.861. The largest absolute Gasteiger partial charge is 0.497 e. The number of sulfonamides is 1. The van der Waals surface area contributed by atoms with Gasteiger partial charge in [0.1, 0.15) is 11.5 Å². The second kappa shape index (κ2) is 10.9. The molecular weight excluding hydrogens is 464 g/mol. The van der Waals surface area contributed by atoms with Crippen LogP contribution < -0.4 is 14.8 Å². The Morgan fingerprint density at radius 1 is 1.03 bits per heavy atom. The van der Waals surface area contributed by atoms with Gasteiger partial charge in [-0.05, 0) is 32.0 Å². The molecule has 1 N–H and O–H groups in total. The minimum atomic E-state index is -3.83. The topological polar surface area (TPSA) is 120 Å². The predicted octanol–water partition coefficient (Wildman–Crippen LogP) is 2.30. The molecule has 1 amide bonds. The lowest BCUT2D eigenvalue weighted by molar-refractivity contribution is -0.119. The van der Waals surface area contributed by atoms with E-state index in [4.69, 9.17) is 18.9 Å². The number of methoxy groups -OCH3 is 2. The predicted molar refractivity (Wildman–Crippen MR) is 124 cm³/mol. The normalized spacial score (nSPS) is 18.7.